The number of nitrogens with one attached hydrogen (secondary N) is 1. The minimum atomic E-state index is 0.00447. The quantitative estimate of drug-likeness (QED) is 0.916. The van der Waals surface area contributed by atoms with Crippen molar-refractivity contribution in [2.45, 2.75) is 13.0 Å². The molecule has 1 N–H and O–H groups in total. The van der Waals surface area contributed by atoms with Crippen molar-refractivity contribution in [3.8, 4) is 5.75 Å². The van der Waals surface area contributed by atoms with Gasteiger partial charge in [-0.2, -0.15) is 5.10 Å². The Kier molecular flexibility index (Phi) is 4.55. The second-order valence-corrected chi connectivity index (χ2v) is 4.96. The van der Waals surface area contributed by atoms with Crippen LogP contribution in [0.25, 0.3) is 0 Å². The fourth-order valence-electron chi connectivity index (χ4n) is 2.10. The van der Waals surface area contributed by atoms with E-state index in [1.54, 1.807) is 25.7 Å². The number of hydrogen-bond donors (Lipinski definition) is 1. The van der Waals surface area contributed by atoms with Crippen LogP contribution in [0.3, 0.4) is 0 Å². The van der Waals surface area contributed by atoms with Gasteiger partial charge in [0.05, 0.1) is 35.7 Å². The van der Waals surface area contributed by atoms with Crippen molar-refractivity contribution in [3.05, 3.63) is 40.4 Å². The lowest BCUT2D eigenvalue weighted by Gasteiger charge is -2.21. The number of aromatic nitrogens is 3. The van der Waals surface area contributed by atoms with Crippen LogP contribution in [0.2, 0.25) is 0 Å². The number of nitrogens with zero attached hydrogens (tertiary/aromatic N) is 3. The lowest BCUT2D eigenvalue weighted by Crippen LogP contribution is -2.25. The molecule has 0 fully saturated rings. The fourth-order valence-corrected chi connectivity index (χ4v) is 2.68. The van der Waals surface area contributed by atoms with Gasteiger partial charge in [-0.3, -0.25) is 9.67 Å². The van der Waals surface area contributed by atoms with Crippen LogP contribution in [-0.2, 0) is 7.05 Å². The zero-order chi connectivity index (χ0) is 13.8. The monoisotopic (exact) mass is 324 g/mol. The topological polar surface area (TPSA) is 52.0 Å². The Morgan fingerprint density at radius 2 is 2.26 bits per heavy atom. The van der Waals surface area contributed by atoms with E-state index in [4.69, 9.17) is 4.74 Å². The number of ether oxygens (including phenoxy) is 1. The van der Waals surface area contributed by atoms with Crippen LogP contribution in [0.1, 0.15) is 24.2 Å². The molecular weight excluding hydrogens is 308 g/mol. The van der Waals surface area contributed by atoms with E-state index in [-0.39, 0.29) is 6.04 Å². The molecule has 0 aromatic carbocycles. The molecule has 0 radical (unpaired) electrons. The minimum absolute atomic E-state index is 0.00447. The molecule has 2 heterocycles. The first-order valence-electron chi connectivity index (χ1n) is 6.07. The predicted molar refractivity (Wildman–Crippen MR) is 77.2 cm³/mol. The zero-order valence-electron chi connectivity index (χ0n) is 11.2. The highest BCUT2D eigenvalue weighted by molar-refractivity contribution is 9.10. The third-order valence-electron chi connectivity index (χ3n) is 2.97. The van der Waals surface area contributed by atoms with Gasteiger partial charge in [0, 0.05) is 18.8 Å². The standard InChI is InChI=1S/C13H17BrN4O/c1-4-16-12(13-10(14)7-17-18(13)2)9-5-6-15-8-11(9)19-3/h5-8,12,16H,4H2,1-3H3. The van der Waals surface area contributed by atoms with Crippen molar-refractivity contribution >= 4 is 15.9 Å². The first kappa shape index (κ1) is 14.0. The molecule has 19 heavy (non-hydrogen) atoms. The smallest absolute Gasteiger partial charge is 0.142 e. The summed E-state index contributed by atoms with van der Waals surface area (Å²) in [5.74, 6) is 0.765. The van der Waals surface area contributed by atoms with Crippen molar-refractivity contribution in [1.29, 1.82) is 0 Å². The molecule has 2 rings (SSSR count). The van der Waals surface area contributed by atoms with Crippen LogP contribution in [0.15, 0.2) is 29.1 Å². The first-order valence-corrected chi connectivity index (χ1v) is 6.87. The average Bonchev–Trinajstić information content (AvgIpc) is 2.76. The maximum Gasteiger partial charge on any atom is 0.142 e. The molecule has 1 atom stereocenters. The molecule has 6 heteroatoms. The van der Waals surface area contributed by atoms with E-state index >= 15 is 0 Å². The molecule has 0 aliphatic carbocycles. The molecule has 102 valence electrons. The molecule has 0 amide bonds. The first-order chi connectivity index (χ1) is 9.19. The minimum Gasteiger partial charge on any atom is -0.495 e. The van der Waals surface area contributed by atoms with E-state index in [0.29, 0.717) is 0 Å². The Hall–Kier alpha value is -1.40. The maximum absolute atomic E-state index is 5.40. The summed E-state index contributed by atoms with van der Waals surface area (Å²) in [6.07, 6.45) is 5.30. The van der Waals surface area contributed by atoms with Gasteiger partial charge < -0.3 is 10.1 Å². The molecule has 1 unspecified atom stereocenters. The number of hydrogen-bond acceptors (Lipinski definition) is 4. The normalized spacial score (nSPS) is 12.4. The van der Waals surface area contributed by atoms with E-state index in [9.17, 15) is 0 Å². The highest BCUT2D eigenvalue weighted by atomic mass is 79.9. The Morgan fingerprint density at radius 1 is 1.47 bits per heavy atom. The van der Waals surface area contributed by atoms with Gasteiger partial charge in [0.1, 0.15) is 5.75 Å². The number of pyridine rings is 1. The van der Waals surface area contributed by atoms with Gasteiger partial charge in [0.25, 0.3) is 0 Å². The van der Waals surface area contributed by atoms with Crippen molar-refractivity contribution < 1.29 is 4.74 Å². The van der Waals surface area contributed by atoms with Crippen molar-refractivity contribution in [1.82, 2.24) is 20.1 Å². The highest BCUT2D eigenvalue weighted by Gasteiger charge is 2.22. The number of halogens is 1. The summed E-state index contributed by atoms with van der Waals surface area (Å²) in [6.45, 7) is 2.92. The Labute approximate surface area is 121 Å². The summed E-state index contributed by atoms with van der Waals surface area (Å²) < 4.78 is 8.23. The van der Waals surface area contributed by atoms with Crippen LogP contribution in [0.4, 0.5) is 0 Å². The van der Waals surface area contributed by atoms with Gasteiger partial charge in [0.15, 0.2) is 0 Å². The Balaban J connectivity index is 2.51. The summed E-state index contributed by atoms with van der Waals surface area (Å²) >= 11 is 3.55. The molecule has 5 nitrogen and oxygen atoms in total. The fraction of sp³-hybridized carbons (Fsp3) is 0.385. The Bertz CT molecular complexity index is 536. The van der Waals surface area contributed by atoms with Crippen LogP contribution in [0, 0.1) is 0 Å². The molecule has 0 saturated heterocycles. The number of aryl methyl sites for hydroxylation is 1. The van der Waals surface area contributed by atoms with Crippen LogP contribution in [0.5, 0.6) is 5.75 Å². The molecule has 2 aromatic heterocycles. The van der Waals surface area contributed by atoms with Crippen molar-refractivity contribution in [2.75, 3.05) is 13.7 Å². The maximum atomic E-state index is 5.40. The third kappa shape index (κ3) is 2.79. The van der Waals surface area contributed by atoms with Gasteiger partial charge in [-0.1, -0.05) is 6.92 Å². The molecule has 0 spiro atoms. The summed E-state index contributed by atoms with van der Waals surface area (Å²) in [4.78, 5) is 4.10. The highest BCUT2D eigenvalue weighted by Crippen LogP contribution is 2.32. The van der Waals surface area contributed by atoms with E-state index in [1.807, 2.05) is 17.8 Å². The van der Waals surface area contributed by atoms with Crippen LogP contribution in [-0.4, -0.2) is 28.4 Å². The average molecular weight is 325 g/mol. The lowest BCUT2D eigenvalue weighted by atomic mass is 10.0. The summed E-state index contributed by atoms with van der Waals surface area (Å²) in [5, 5.41) is 7.73. The second-order valence-electron chi connectivity index (χ2n) is 4.11. The van der Waals surface area contributed by atoms with Crippen LogP contribution < -0.4 is 10.1 Å². The number of rotatable bonds is 5. The van der Waals surface area contributed by atoms with E-state index < -0.39 is 0 Å². The van der Waals surface area contributed by atoms with Gasteiger partial charge in [-0.05, 0) is 28.5 Å². The number of methoxy groups -OCH3 is 1. The SMILES string of the molecule is CCNC(c1ccncc1OC)c1c(Br)cnn1C. The van der Waals surface area contributed by atoms with Crippen molar-refractivity contribution in [3.63, 3.8) is 0 Å². The van der Waals surface area contributed by atoms with E-state index in [0.717, 1.165) is 28.0 Å². The van der Waals surface area contributed by atoms with Gasteiger partial charge in [-0.15, -0.1) is 0 Å². The van der Waals surface area contributed by atoms with Gasteiger partial charge >= 0.3 is 0 Å². The largest absolute Gasteiger partial charge is 0.495 e. The summed E-state index contributed by atoms with van der Waals surface area (Å²) in [6, 6.07) is 1.97. The summed E-state index contributed by atoms with van der Waals surface area (Å²) in [7, 11) is 3.58. The molecule has 0 aliphatic rings. The van der Waals surface area contributed by atoms with E-state index in [1.165, 1.54) is 0 Å². The Morgan fingerprint density at radius 3 is 2.84 bits per heavy atom. The third-order valence-corrected chi connectivity index (χ3v) is 3.58. The van der Waals surface area contributed by atoms with Crippen LogP contribution >= 0.6 is 15.9 Å². The van der Waals surface area contributed by atoms with Gasteiger partial charge in [0.2, 0.25) is 0 Å². The second kappa shape index (κ2) is 6.16. The molecule has 2 aromatic rings. The lowest BCUT2D eigenvalue weighted by molar-refractivity contribution is 0.400. The van der Waals surface area contributed by atoms with Gasteiger partial charge in [-0.25, -0.2) is 0 Å². The predicted octanol–water partition coefficient (Wildman–Crippen LogP) is 2.29. The molecule has 0 bridgehead atoms. The zero-order valence-corrected chi connectivity index (χ0v) is 12.8. The molecular formula is C13H17BrN4O. The molecule has 0 saturated carbocycles. The van der Waals surface area contributed by atoms with Crippen molar-refractivity contribution in [2.24, 2.45) is 7.05 Å². The van der Waals surface area contributed by atoms with E-state index in [2.05, 4.69) is 38.3 Å². The summed E-state index contributed by atoms with van der Waals surface area (Å²) in [5.41, 5.74) is 2.11. The molecule has 0 aliphatic heterocycles.